The van der Waals surface area contributed by atoms with E-state index < -0.39 is 12.4 Å². The predicted octanol–water partition coefficient (Wildman–Crippen LogP) is 4.63. The van der Waals surface area contributed by atoms with Gasteiger partial charge in [0.1, 0.15) is 12.4 Å². The summed E-state index contributed by atoms with van der Waals surface area (Å²) in [7, 11) is 0. The zero-order chi connectivity index (χ0) is 14.8. The first-order chi connectivity index (χ1) is 9.38. The van der Waals surface area contributed by atoms with Crippen LogP contribution in [-0.2, 0) is 6.61 Å². The quantitative estimate of drug-likeness (QED) is 0.747. The van der Waals surface area contributed by atoms with Gasteiger partial charge >= 0.3 is 6.98 Å². The fraction of sp³-hybridized carbons (Fsp3) is 0.0769. The number of rotatable bonds is 4. The Morgan fingerprint density at radius 2 is 1.70 bits per heavy atom. The molecule has 0 radical (unpaired) electrons. The summed E-state index contributed by atoms with van der Waals surface area (Å²) in [5.41, 5.74) is -0.0817. The van der Waals surface area contributed by atoms with E-state index >= 15 is 0 Å². The van der Waals surface area contributed by atoms with Gasteiger partial charge in [-0.25, -0.2) is 0 Å². The van der Waals surface area contributed by atoms with E-state index in [0.29, 0.717) is 15.6 Å². The van der Waals surface area contributed by atoms with E-state index in [2.05, 4.69) is 0 Å². The Bertz CT molecular complexity index is 617. The second-order valence-corrected chi connectivity index (χ2v) is 4.93. The Morgan fingerprint density at radius 1 is 1.00 bits per heavy atom. The first-order valence-electron chi connectivity index (χ1n) is 5.73. The number of halogens is 5. The van der Waals surface area contributed by atoms with Crippen LogP contribution < -0.4 is 10.2 Å². The molecule has 2 aromatic carbocycles. The maximum atomic E-state index is 12.6. The minimum absolute atomic E-state index is 0.0493. The van der Waals surface area contributed by atoms with Crippen LogP contribution in [0.2, 0.25) is 10.0 Å². The van der Waals surface area contributed by atoms with Crippen molar-refractivity contribution < 1.29 is 17.7 Å². The Balaban J connectivity index is 2.13. The zero-order valence-electron chi connectivity index (χ0n) is 10.1. The van der Waals surface area contributed by atoms with Gasteiger partial charge in [-0.1, -0.05) is 47.5 Å². The van der Waals surface area contributed by atoms with E-state index in [9.17, 15) is 12.9 Å². The molecule has 0 N–H and O–H groups in total. The number of ether oxygens (including phenoxy) is 1. The molecule has 0 saturated heterocycles. The molecule has 2 rings (SSSR count). The van der Waals surface area contributed by atoms with Crippen molar-refractivity contribution in [2.45, 2.75) is 6.61 Å². The molecule has 2 aromatic rings. The van der Waals surface area contributed by atoms with Crippen LogP contribution in [0.15, 0.2) is 42.5 Å². The predicted molar refractivity (Wildman–Crippen MR) is 75.9 cm³/mol. The second-order valence-electron chi connectivity index (χ2n) is 4.15. The van der Waals surface area contributed by atoms with Crippen LogP contribution in [0.25, 0.3) is 0 Å². The van der Waals surface area contributed by atoms with Gasteiger partial charge in [0.25, 0.3) is 0 Å². The van der Waals surface area contributed by atoms with Crippen LogP contribution in [0.3, 0.4) is 0 Å². The fourth-order valence-electron chi connectivity index (χ4n) is 1.63. The number of benzene rings is 2. The monoisotopic (exact) mass is 319 g/mol. The maximum absolute atomic E-state index is 12.6. The average molecular weight is 320 g/mol. The fourth-order valence-corrected chi connectivity index (χ4v) is 2.00. The Labute approximate surface area is 124 Å². The Hall–Kier alpha value is -1.33. The van der Waals surface area contributed by atoms with Gasteiger partial charge in [0.15, 0.2) is 0 Å². The highest BCUT2D eigenvalue weighted by Crippen LogP contribution is 2.26. The van der Waals surface area contributed by atoms with Crippen molar-refractivity contribution in [2.75, 3.05) is 0 Å². The van der Waals surface area contributed by atoms with Crippen molar-refractivity contribution in [3.05, 3.63) is 58.1 Å². The molecule has 106 valence electrons. The van der Waals surface area contributed by atoms with Gasteiger partial charge in [-0.15, -0.1) is 5.46 Å². The molecule has 7 heteroatoms. The highest BCUT2D eigenvalue weighted by atomic mass is 35.5. The van der Waals surface area contributed by atoms with E-state index in [1.165, 1.54) is 12.1 Å². The Kier molecular flexibility index (Phi) is 4.50. The topological polar surface area (TPSA) is 9.23 Å². The molecule has 0 saturated carbocycles. The van der Waals surface area contributed by atoms with Crippen LogP contribution in [0, 0.1) is 0 Å². The summed E-state index contributed by atoms with van der Waals surface area (Å²) in [6, 6.07) is 9.77. The van der Waals surface area contributed by atoms with Crippen LogP contribution >= 0.6 is 23.2 Å². The lowest BCUT2D eigenvalue weighted by Crippen LogP contribution is -2.33. The van der Waals surface area contributed by atoms with Crippen LogP contribution in [-0.4, -0.2) is 6.98 Å². The van der Waals surface area contributed by atoms with Gasteiger partial charge in [-0.2, -0.15) is 0 Å². The molecule has 0 fully saturated rings. The molecule has 20 heavy (non-hydrogen) atoms. The molecule has 0 aliphatic heterocycles. The summed E-state index contributed by atoms with van der Waals surface area (Å²) in [5, 5.41) is 0.713. The van der Waals surface area contributed by atoms with E-state index in [0.717, 1.165) is 12.1 Å². The van der Waals surface area contributed by atoms with Crippen LogP contribution in [0.4, 0.5) is 12.9 Å². The maximum Gasteiger partial charge on any atom is 0.509 e. The summed E-state index contributed by atoms with van der Waals surface area (Å²) < 4.78 is 43.2. The largest absolute Gasteiger partial charge is 0.509 e. The van der Waals surface area contributed by atoms with Crippen molar-refractivity contribution in [1.29, 1.82) is 0 Å². The van der Waals surface area contributed by atoms with Crippen LogP contribution in [0.5, 0.6) is 5.75 Å². The van der Waals surface area contributed by atoms with Crippen molar-refractivity contribution in [3.8, 4) is 5.75 Å². The molecular weight excluding hydrogens is 311 g/mol. The summed E-state index contributed by atoms with van der Waals surface area (Å²) in [6.07, 6.45) is 0. The summed E-state index contributed by atoms with van der Waals surface area (Å²) in [4.78, 5) is 0. The van der Waals surface area contributed by atoms with Gasteiger partial charge in [-0.3, -0.25) is 0 Å². The van der Waals surface area contributed by atoms with Crippen molar-refractivity contribution in [3.63, 3.8) is 0 Å². The van der Waals surface area contributed by atoms with E-state index in [-0.39, 0.29) is 12.4 Å². The van der Waals surface area contributed by atoms with Gasteiger partial charge < -0.3 is 17.7 Å². The van der Waals surface area contributed by atoms with Crippen molar-refractivity contribution in [1.82, 2.24) is 0 Å². The first-order valence-corrected chi connectivity index (χ1v) is 6.49. The summed E-state index contributed by atoms with van der Waals surface area (Å²) >= 11 is 11.8. The molecular formula is C13H9BCl2F3O-. The number of hydrogen-bond acceptors (Lipinski definition) is 1. The summed E-state index contributed by atoms with van der Waals surface area (Å²) in [5.74, 6) is 0.137. The minimum Gasteiger partial charge on any atom is -0.489 e. The summed E-state index contributed by atoms with van der Waals surface area (Å²) in [6.45, 7) is -4.99. The number of hydrogen-bond donors (Lipinski definition) is 0. The third-order valence-electron chi connectivity index (χ3n) is 2.66. The molecule has 0 heterocycles. The molecule has 0 unspecified atom stereocenters. The third kappa shape index (κ3) is 3.61. The standard InChI is InChI=1S/C13H9BCl2F3O/c15-12-6-1-3-9(13(12)16)8-20-11-5-2-4-10(7-11)14(17,18)19/h1-7H,8H2/q-1. The third-order valence-corrected chi connectivity index (χ3v) is 3.52. The molecule has 0 bridgehead atoms. The highest BCUT2D eigenvalue weighted by Gasteiger charge is 2.25. The average Bonchev–Trinajstić information content (AvgIpc) is 2.40. The van der Waals surface area contributed by atoms with E-state index in [1.807, 2.05) is 0 Å². The lowest BCUT2D eigenvalue weighted by atomic mass is 9.80. The first kappa shape index (κ1) is 15.1. The normalized spacial score (nSPS) is 11.4. The van der Waals surface area contributed by atoms with Crippen molar-refractivity contribution >= 4 is 35.6 Å². The molecule has 1 nitrogen and oxygen atoms in total. The van der Waals surface area contributed by atoms with E-state index in [4.69, 9.17) is 27.9 Å². The molecule has 0 aromatic heterocycles. The van der Waals surface area contributed by atoms with Gasteiger partial charge in [0.05, 0.1) is 10.0 Å². The zero-order valence-corrected chi connectivity index (χ0v) is 11.6. The van der Waals surface area contributed by atoms with Gasteiger partial charge in [-0.05, 0) is 18.2 Å². The highest BCUT2D eigenvalue weighted by molar-refractivity contribution is 6.73. The lowest BCUT2D eigenvalue weighted by molar-refractivity contribution is 0.306. The molecule has 0 atom stereocenters. The molecule has 0 spiro atoms. The molecule has 0 amide bonds. The van der Waals surface area contributed by atoms with Crippen molar-refractivity contribution in [2.24, 2.45) is 0 Å². The SMILES string of the molecule is F[B-](F)(F)c1cccc(OCc2cccc(Cl)c2Cl)c1. The second kappa shape index (κ2) is 5.98. The minimum atomic E-state index is -5.04. The molecule has 0 aliphatic carbocycles. The molecule has 0 aliphatic rings. The van der Waals surface area contributed by atoms with Gasteiger partial charge in [0.2, 0.25) is 0 Å². The lowest BCUT2D eigenvalue weighted by Gasteiger charge is -2.16. The van der Waals surface area contributed by atoms with Crippen LogP contribution in [0.1, 0.15) is 5.56 Å². The van der Waals surface area contributed by atoms with E-state index in [1.54, 1.807) is 18.2 Å². The smallest absolute Gasteiger partial charge is 0.489 e. The van der Waals surface area contributed by atoms with Gasteiger partial charge in [0, 0.05) is 5.56 Å². The Morgan fingerprint density at radius 3 is 2.40 bits per heavy atom.